The fourth-order valence-corrected chi connectivity index (χ4v) is 1.17. The van der Waals surface area contributed by atoms with Gasteiger partial charge in [-0.2, -0.15) is 0 Å². The van der Waals surface area contributed by atoms with Crippen LogP contribution in [0.1, 0.15) is 28.4 Å². The van der Waals surface area contributed by atoms with Gasteiger partial charge < -0.3 is 4.74 Å². The molecule has 2 nitrogen and oxygen atoms in total. The zero-order valence-electron chi connectivity index (χ0n) is 9.41. The summed E-state index contributed by atoms with van der Waals surface area (Å²) in [5.74, 6) is -0.267. The van der Waals surface area contributed by atoms with Crippen LogP contribution in [0.5, 0.6) is 0 Å². The molecule has 1 rings (SSSR count). The maximum Gasteiger partial charge on any atom is 0.338 e. The smallest absolute Gasteiger partial charge is 0.338 e. The van der Waals surface area contributed by atoms with E-state index < -0.39 is 0 Å². The first-order valence-electron chi connectivity index (χ1n) is 5.00. The van der Waals surface area contributed by atoms with E-state index in [4.69, 9.17) is 4.74 Å². The minimum atomic E-state index is -0.267. The molecule has 0 aliphatic carbocycles. The third-order valence-electron chi connectivity index (χ3n) is 2.29. The molecule has 0 fully saturated rings. The van der Waals surface area contributed by atoms with E-state index in [0.29, 0.717) is 12.2 Å². The van der Waals surface area contributed by atoms with Crippen molar-refractivity contribution in [2.45, 2.75) is 20.8 Å². The zero-order valence-corrected chi connectivity index (χ0v) is 9.41. The molecule has 0 aliphatic rings. The Morgan fingerprint density at radius 2 is 2.07 bits per heavy atom. The molecule has 0 heterocycles. The molecule has 0 spiro atoms. The highest BCUT2D eigenvalue weighted by Gasteiger charge is 2.06. The predicted octanol–water partition coefficient (Wildman–Crippen LogP) is 3.04. The van der Waals surface area contributed by atoms with E-state index in [9.17, 15) is 4.79 Å². The predicted molar refractivity (Wildman–Crippen MR) is 61.0 cm³/mol. The van der Waals surface area contributed by atoms with Crippen molar-refractivity contribution in [3.63, 3.8) is 0 Å². The fraction of sp³-hybridized carbons (Fsp3) is 0.308. The topological polar surface area (TPSA) is 26.3 Å². The Labute approximate surface area is 90.6 Å². The molecule has 0 amide bonds. The summed E-state index contributed by atoms with van der Waals surface area (Å²) in [6.45, 7) is 6.23. The van der Waals surface area contributed by atoms with Crippen LogP contribution in [0, 0.1) is 13.8 Å². The SMILES string of the molecule is C/C=C/COC(=O)c1ccc(C)c(C)c1. The molecule has 0 saturated carbocycles. The van der Waals surface area contributed by atoms with Crippen LogP contribution in [0.4, 0.5) is 0 Å². The van der Waals surface area contributed by atoms with Crippen molar-refractivity contribution < 1.29 is 9.53 Å². The zero-order chi connectivity index (χ0) is 11.3. The Bertz CT molecular complexity index is 378. The first-order chi connectivity index (χ1) is 7.15. The van der Waals surface area contributed by atoms with Gasteiger partial charge in [-0.15, -0.1) is 0 Å². The average molecular weight is 204 g/mol. The normalized spacial score (nSPS) is 10.6. The molecule has 1 aromatic carbocycles. The molecule has 80 valence electrons. The molecular formula is C13H16O2. The van der Waals surface area contributed by atoms with Gasteiger partial charge in [0.15, 0.2) is 0 Å². The van der Waals surface area contributed by atoms with Gasteiger partial charge in [-0.3, -0.25) is 0 Å². The van der Waals surface area contributed by atoms with E-state index in [-0.39, 0.29) is 5.97 Å². The van der Waals surface area contributed by atoms with Gasteiger partial charge in [-0.1, -0.05) is 18.2 Å². The number of allylic oxidation sites excluding steroid dienone is 1. The van der Waals surface area contributed by atoms with Crippen molar-refractivity contribution in [1.82, 2.24) is 0 Å². The van der Waals surface area contributed by atoms with Gasteiger partial charge in [0.1, 0.15) is 6.61 Å². The number of benzene rings is 1. The Morgan fingerprint density at radius 1 is 1.33 bits per heavy atom. The van der Waals surface area contributed by atoms with Crippen LogP contribution in [0.3, 0.4) is 0 Å². The molecule has 0 bridgehead atoms. The molecule has 0 saturated heterocycles. The van der Waals surface area contributed by atoms with Crippen molar-refractivity contribution in [3.8, 4) is 0 Å². The third kappa shape index (κ3) is 3.24. The Morgan fingerprint density at radius 3 is 2.67 bits per heavy atom. The molecule has 15 heavy (non-hydrogen) atoms. The highest BCUT2D eigenvalue weighted by Crippen LogP contribution is 2.10. The molecule has 0 N–H and O–H groups in total. The van der Waals surface area contributed by atoms with Crippen LogP contribution >= 0.6 is 0 Å². The van der Waals surface area contributed by atoms with Crippen LogP contribution in [0.25, 0.3) is 0 Å². The second-order valence-corrected chi connectivity index (χ2v) is 3.47. The maximum atomic E-state index is 11.5. The summed E-state index contributed by atoms with van der Waals surface area (Å²) in [6, 6.07) is 5.58. The molecule has 0 unspecified atom stereocenters. The second-order valence-electron chi connectivity index (χ2n) is 3.47. The van der Waals surface area contributed by atoms with Crippen molar-refractivity contribution in [3.05, 3.63) is 47.0 Å². The Balaban J connectivity index is 2.70. The highest BCUT2D eigenvalue weighted by atomic mass is 16.5. The van der Waals surface area contributed by atoms with Gasteiger partial charge in [0.05, 0.1) is 5.56 Å². The van der Waals surface area contributed by atoms with E-state index in [1.165, 1.54) is 5.56 Å². The van der Waals surface area contributed by atoms with E-state index in [2.05, 4.69) is 0 Å². The van der Waals surface area contributed by atoms with Crippen LogP contribution < -0.4 is 0 Å². The molecule has 2 heteroatoms. The highest BCUT2D eigenvalue weighted by molar-refractivity contribution is 5.89. The number of aryl methyl sites for hydroxylation is 2. The van der Waals surface area contributed by atoms with Gasteiger partial charge in [0, 0.05) is 0 Å². The van der Waals surface area contributed by atoms with Crippen LogP contribution in [0.2, 0.25) is 0 Å². The number of ether oxygens (including phenoxy) is 1. The Kier molecular flexibility index (Phi) is 4.10. The van der Waals surface area contributed by atoms with E-state index >= 15 is 0 Å². The van der Waals surface area contributed by atoms with Crippen molar-refractivity contribution in [2.75, 3.05) is 6.61 Å². The van der Waals surface area contributed by atoms with Crippen molar-refractivity contribution in [1.29, 1.82) is 0 Å². The standard InChI is InChI=1S/C13H16O2/c1-4-5-8-15-13(14)12-7-6-10(2)11(3)9-12/h4-7,9H,8H2,1-3H3/b5-4+. The number of esters is 1. The molecule has 0 aliphatic heterocycles. The van der Waals surface area contributed by atoms with Crippen molar-refractivity contribution >= 4 is 5.97 Å². The quantitative estimate of drug-likeness (QED) is 0.558. The van der Waals surface area contributed by atoms with Gasteiger partial charge in [-0.25, -0.2) is 4.79 Å². The molecule has 0 aromatic heterocycles. The number of hydrogen-bond acceptors (Lipinski definition) is 2. The lowest BCUT2D eigenvalue weighted by atomic mass is 10.1. The summed E-state index contributed by atoms with van der Waals surface area (Å²) in [4.78, 5) is 11.5. The van der Waals surface area contributed by atoms with Crippen LogP contribution in [-0.2, 0) is 4.74 Å². The fourth-order valence-electron chi connectivity index (χ4n) is 1.17. The minimum absolute atomic E-state index is 0.267. The lowest BCUT2D eigenvalue weighted by Crippen LogP contribution is -2.05. The summed E-state index contributed by atoms with van der Waals surface area (Å²) in [5, 5.41) is 0. The summed E-state index contributed by atoms with van der Waals surface area (Å²) in [6.07, 6.45) is 3.66. The molecule has 0 atom stereocenters. The first-order valence-corrected chi connectivity index (χ1v) is 5.00. The minimum Gasteiger partial charge on any atom is -0.458 e. The van der Waals surface area contributed by atoms with E-state index in [1.54, 1.807) is 12.1 Å². The van der Waals surface area contributed by atoms with Gasteiger partial charge in [0.2, 0.25) is 0 Å². The Hall–Kier alpha value is -1.57. The largest absolute Gasteiger partial charge is 0.458 e. The van der Waals surface area contributed by atoms with Crippen LogP contribution in [0.15, 0.2) is 30.4 Å². The summed E-state index contributed by atoms with van der Waals surface area (Å²) < 4.78 is 5.04. The van der Waals surface area contributed by atoms with Gasteiger partial charge in [0.25, 0.3) is 0 Å². The maximum absolute atomic E-state index is 11.5. The lowest BCUT2D eigenvalue weighted by Gasteiger charge is -2.04. The van der Waals surface area contributed by atoms with Crippen LogP contribution in [-0.4, -0.2) is 12.6 Å². The number of carbonyl (C=O) groups is 1. The van der Waals surface area contributed by atoms with Gasteiger partial charge in [-0.05, 0) is 44.0 Å². The second kappa shape index (κ2) is 5.35. The summed E-state index contributed by atoms with van der Waals surface area (Å²) >= 11 is 0. The molecule has 0 radical (unpaired) electrons. The third-order valence-corrected chi connectivity index (χ3v) is 2.29. The number of carbonyl (C=O) groups excluding carboxylic acids is 1. The lowest BCUT2D eigenvalue weighted by molar-refractivity contribution is 0.0549. The average Bonchev–Trinajstić information content (AvgIpc) is 2.22. The summed E-state index contributed by atoms with van der Waals surface area (Å²) in [7, 11) is 0. The van der Waals surface area contributed by atoms with Crippen molar-refractivity contribution in [2.24, 2.45) is 0 Å². The molecular weight excluding hydrogens is 188 g/mol. The molecule has 1 aromatic rings. The summed E-state index contributed by atoms with van der Waals surface area (Å²) in [5.41, 5.74) is 2.90. The first kappa shape index (κ1) is 11.5. The van der Waals surface area contributed by atoms with E-state index in [0.717, 1.165) is 5.56 Å². The van der Waals surface area contributed by atoms with E-state index in [1.807, 2.05) is 39.0 Å². The van der Waals surface area contributed by atoms with Gasteiger partial charge >= 0.3 is 5.97 Å². The number of hydrogen-bond donors (Lipinski definition) is 0. The number of rotatable bonds is 3. The monoisotopic (exact) mass is 204 g/mol.